The number of nitrogens with one attached hydrogen (secondary N) is 1. The number of nitrogens with zero attached hydrogens (tertiary/aromatic N) is 1. The number of morpholine rings is 1. The molecule has 1 atom stereocenters. The molecular weight excluding hydrogens is 272 g/mol. The molecule has 0 spiro atoms. The molecular formula is C15H22N2O2S. The molecule has 4 nitrogen and oxygen atoms in total. The number of ether oxygens (including phenoxy) is 1. The quantitative estimate of drug-likeness (QED) is 0.903. The van der Waals surface area contributed by atoms with Crippen molar-refractivity contribution in [1.29, 1.82) is 0 Å². The van der Waals surface area contributed by atoms with Crippen molar-refractivity contribution in [2.75, 3.05) is 32.8 Å². The van der Waals surface area contributed by atoms with Crippen molar-refractivity contribution < 1.29 is 9.53 Å². The number of amides is 1. The minimum Gasteiger partial charge on any atom is -0.379 e. The topological polar surface area (TPSA) is 41.6 Å². The molecule has 0 unspecified atom stereocenters. The first-order chi connectivity index (χ1) is 9.84. The number of carbonyl (C=O) groups is 1. The van der Waals surface area contributed by atoms with Crippen LogP contribution in [0, 0.1) is 5.92 Å². The molecule has 3 rings (SSSR count). The lowest BCUT2D eigenvalue weighted by atomic mass is 9.85. The molecule has 5 heteroatoms. The van der Waals surface area contributed by atoms with Crippen LogP contribution in [0.15, 0.2) is 17.5 Å². The minimum absolute atomic E-state index is 0.242. The highest BCUT2D eigenvalue weighted by molar-refractivity contribution is 7.10. The molecule has 1 aliphatic heterocycles. The van der Waals surface area contributed by atoms with Crippen molar-refractivity contribution in [3.05, 3.63) is 22.4 Å². The number of rotatable bonds is 5. The highest BCUT2D eigenvalue weighted by Crippen LogP contribution is 2.28. The average Bonchev–Trinajstić information content (AvgIpc) is 2.92. The van der Waals surface area contributed by atoms with Crippen molar-refractivity contribution in [1.82, 2.24) is 10.2 Å². The monoisotopic (exact) mass is 294 g/mol. The van der Waals surface area contributed by atoms with Crippen molar-refractivity contribution in [3.63, 3.8) is 0 Å². The highest BCUT2D eigenvalue weighted by atomic mass is 32.1. The molecule has 2 aliphatic rings. The molecule has 110 valence electrons. The number of thiophene rings is 1. The van der Waals surface area contributed by atoms with E-state index in [1.807, 2.05) is 0 Å². The Balaban J connectivity index is 1.61. The molecule has 0 aromatic carbocycles. The summed E-state index contributed by atoms with van der Waals surface area (Å²) in [6.07, 6.45) is 3.33. The largest absolute Gasteiger partial charge is 0.379 e. The van der Waals surface area contributed by atoms with Crippen LogP contribution in [0.1, 0.15) is 30.2 Å². The third-order valence-corrected chi connectivity index (χ3v) is 5.28. The Morgan fingerprint density at radius 3 is 2.85 bits per heavy atom. The van der Waals surface area contributed by atoms with Crippen LogP contribution < -0.4 is 5.32 Å². The van der Waals surface area contributed by atoms with E-state index in [0.717, 1.165) is 45.7 Å². The van der Waals surface area contributed by atoms with Gasteiger partial charge in [0.1, 0.15) is 0 Å². The smallest absolute Gasteiger partial charge is 0.223 e. The van der Waals surface area contributed by atoms with Crippen molar-refractivity contribution in [2.24, 2.45) is 5.92 Å². The second-order valence-corrected chi connectivity index (χ2v) is 6.53. The molecule has 1 aromatic heterocycles. The highest BCUT2D eigenvalue weighted by Gasteiger charge is 2.28. The van der Waals surface area contributed by atoms with E-state index in [9.17, 15) is 4.79 Å². The lowest BCUT2D eigenvalue weighted by Gasteiger charge is -2.34. The van der Waals surface area contributed by atoms with Gasteiger partial charge in [-0.15, -0.1) is 11.3 Å². The Labute approximate surface area is 124 Å². The molecule has 2 heterocycles. The van der Waals surface area contributed by atoms with Crippen LogP contribution in [-0.4, -0.2) is 43.7 Å². The fourth-order valence-electron chi connectivity index (χ4n) is 2.79. The molecule has 1 amide bonds. The van der Waals surface area contributed by atoms with E-state index in [-0.39, 0.29) is 11.8 Å². The molecule has 20 heavy (non-hydrogen) atoms. The van der Waals surface area contributed by atoms with Crippen LogP contribution in [0.3, 0.4) is 0 Å². The van der Waals surface area contributed by atoms with E-state index < -0.39 is 0 Å². The average molecular weight is 294 g/mol. The summed E-state index contributed by atoms with van der Waals surface area (Å²) in [5.74, 6) is 0.509. The Kier molecular flexibility index (Phi) is 4.70. The summed E-state index contributed by atoms with van der Waals surface area (Å²) in [6, 6.07) is 4.55. The Bertz CT molecular complexity index is 425. The number of carbonyl (C=O) groups excluding carboxylic acids is 1. The maximum absolute atomic E-state index is 12.0. The van der Waals surface area contributed by atoms with Crippen LogP contribution in [0.4, 0.5) is 0 Å². The van der Waals surface area contributed by atoms with E-state index in [1.54, 1.807) is 11.3 Å². The van der Waals surface area contributed by atoms with Crippen LogP contribution >= 0.6 is 11.3 Å². The first-order valence-electron chi connectivity index (χ1n) is 7.47. The third kappa shape index (κ3) is 3.22. The van der Waals surface area contributed by atoms with E-state index in [2.05, 4.69) is 27.7 Å². The summed E-state index contributed by atoms with van der Waals surface area (Å²) in [5, 5.41) is 5.26. The Morgan fingerprint density at radius 2 is 2.25 bits per heavy atom. The lowest BCUT2D eigenvalue weighted by Crippen LogP contribution is -2.45. The predicted octanol–water partition coefficient (Wildman–Crippen LogP) is 2.04. The SMILES string of the molecule is O=C(NC[C@H](c1cccs1)N1CCOCC1)C1CCC1. The fourth-order valence-corrected chi connectivity index (χ4v) is 3.65. The standard InChI is InChI=1S/C15H22N2O2S/c18-15(12-3-1-4-12)16-11-13(14-5-2-10-20-14)17-6-8-19-9-7-17/h2,5,10,12-13H,1,3-4,6-9,11H2,(H,16,18)/t13-/m1/s1. The summed E-state index contributed by atoms with van der Waals surface area (Å²) >= 11 is 1.77. The molecule has 0 radical (unpaired) electrons. The van der Waals surface area contributed by atoms with Gasteiger partial charge in [-0.3, -0.25) is 9.69 Å². The van der Waals surface area contributed by atoms with Gasteiger partial charge in [0.05, 0.1) is 19.3 Å². The van der Waals surface area contributed by atoms with E-state index in [1.165, 1.54) is 11.3 Å². The van der Waals surface area contributed by atoms with Crippen molar-refractivity contribution >= 4 is 17.2 Å². The van der Waals surface area contributed by atoms with E-state index in [0.29, 0.717) is 6.04 Å². The first kappa shape index (κ1) is 14.0. The molecule has 0 bridgehead atoms. The molecule has 1 aliphatic carbocycles. The van der Waals surface area contributed by atoms with Gasteiger partial charge in [-0.2, -0.15) is 0 Å². The first-order valence-corrected chi connectivity index (χ1v) is 8.35. The van der Waals surface area contributed by atoms with Crippen molar-refractivity contribution in [2.45, 2.75) is 25.3 Å². The van der Waals surface area contributed by atoms with Crippen molar-refractivity contribution in [3.8, 4) is 0 Å². The Hall–Kier alpha value is -0.910. The van der Waals surface area contributed by atoms with Gasteiger partial charge in [-0.1, -0.05) is 12.5 Å². The van der Waals surface area contributed by atoms with Gasteiger partial charge in [0.15, 0.2) is 0 Å². The second-order valence-electron chi connectivity index (χ2n) is 5.55. The molecule has 1 saturated carbocycles. The van der Waals surface area contributed by atoms with Gasteiger partial charge in [-0.05, 0) is 24.3 Å². The predicted molar refractivity (Wildman–Crippen MR) is 79.8 cm³/mol. The van der Waals surface area contributed by atoms with Gasteiger partial charge in [0.25, 0.3) is 0 Å². The van der Waals surface area contributed by atoms with Crippen LogP contribution in [-0.2, 0) is 9.53 Å². The summed E-state index contributed by atoms with van der Waals surface area (Å²) in [6.45, 7) is 4.19. The maximum atomic E-state index is 12.0. The van der Waals surface area contributed by atoms with E-state index >= 15 is 0 Å². The minimum atomic E-state index is 0.242. The number of hydrogen-bond acceptors (Lipinski definition) is 4. The second kappa shape index (κ2) is 6.70. The summed E-state index contributed by atoms with van der Waals surface area (Å²) < 4.78 is 5.43. The molecule has 1 N–H and O–H groups in total. The van der Waals surface area contributed by atoms with Gasteiger partial charge < -0.3 is 10.1 Å². The summed E-state index contributed by atoms with van der Waals surface area (Å²) in [4.78, 5) is 15.8. The Morgan fingerprint density at radius 1 is 1.45 bits per heavy atom. The molecule has 1 aromatic rings. The van der Waals surface area contributed by atoms with E-state index in [4.69, 9.17) is 4.74 Å². The maximum Gasteiger partial charge on any atom is 0.223 e. The zero-order valence-electron chi connectivity index (χ0n) is 11.7. The summed E-state index contributed by atoms with van der Waals surface area (Å²) in [7, 11) is 0. The van der Waals surface area contributed by atoms with Gasteiger partial charge in [-0.25, -0.2) is 0 Å². The lowest BCUT2D eigenvalue weighted by molar-refractivity contribution is -0.127. The summed E-state index contributed by atoms with van der Waals surface area (Å²) in [5.41, 5.74) is 0. The zero-order chi connectivity index (χ0) is 13.8. The van der Waals surface area contributed by atoms with Crippen LogP contribution in [0.2, 0.25) is 0 Å². The third-order valence-electron chi connectivity index (χ3n) is 4.30. The van der Waals surface area contributed by atoms with Gasteiger partial charge in [0, 0.05) is 30.4 Å². The molecule has 2 fully saturated rings. The van der Waals surface area contributed by atoms with Gasteiger partial charge >= 0.3 is 0 Å². The van der Waals surface area contributed by atoms with Gasteiger partial charge in [0.2, 0.25) is 5.91 Å². The number of hydrogen-bond donors (Lipinski definition) is 1. The molecule has 1 saturated heterocycles. The zero-order valence-corrected chi connectivity index (χ0v) is 12.5. The normalized spacial score (nSPS) is 22.2. The van der Waals surface area contributed by atoms with Crippen LogP contribution in [0.5, 0.6) is 0 Å². The fraction of sp³-hybridized carbons (Fsp3) is 0.667. The van der Waals surface area contributed by atoms with Crippen LogP contribution in [0.25, 0.3) is 0 Å².